The van der Waals surface area contributed by atoms with Crippen LogP contribution >= 0.6 is 0 Å². The summed E-state index contributed by atoms with van der Waals surface area (Å²) in [5.41, 5.74) is 3.32. The van der Waals surface area contributed by atoms with E-state index in [1.165, 1.54) is 5.56 Å². The molecule has 0 radical (unpaired) electrons. The first-order valence-corrected chi connectivity index (χ1v) is 6.06. The lowest BCUT2D eigenvalue weighted by Crippen LogP contribution is -2.15. The number of hydrogen-bond acceptors (Lipinski definition) is 2. The molecule has 1 unspecified atom stereocenters. The van der Waals surface area contributed by atoms with Gasteiger partial charge in [-0.05, 0) is 19.8 Å². The highest BCUT2D eigenvalue weighted by atomic mass is 16.3. The molecule has 3 nitrogen and oxygen atoms in total. The van der Waals surface area contributed by atoms with E-state index in [4.69, 9.17) is 0 Å². The topological polar surface area (TPSA) is 38.0 Å². The highest BCUT2D eigenvalue weighted by Gasteiger charge is 2.21. The second kappa shape index (κ2) is 4.00. The van der Waals surface area contributed by atoms with E-state index in [0.717, 1.165) is 36.5 Å². The number of aliphatic hydroxyl groups excluding tert-OH is 1. The molecule has 1 aliphatic heterocycles. The third kappa shape index (κ3) is 1.76. The number of aliphatic hydroxyl groups is 1. The molecule has 1 aromatic carbocycles. The SMILES string of the molecule is Cc1ccc(-c2ncc3n2CCCC3O)cc1. The molecule has 0 saturated carbocycles. The summed E-state index contributed by atoms with van der Waals surface area (Å²) in [6, 6.07) is 8.37. The number of benzene rings is 1. The largest absolute Gasteiger partial charge is 0.387 e. The van der Waals surface area contributed by atoms with Gasteiger partial charge in [0.1, 0.15) is 5.82 Å². The Hall–Kier alpha value is -1.61. The number of aromatic nitrogens is 2. The van der Waals surface area contributed by atoms with Crippen molar-refractivity contribution in [3.8, 4) is 11.4 Å². The fourth-order valence-corrected chi connectivity index (χ4v) is 2.41. The third-order valence-corrected chi connectivity index (χ3v) is 3.40. The smallest absolute Gasteiger partial charge is 0.140 e. The predicted molar refractivity (Wildman–Crippen MR) is 66.6 cm³/mol. The van der Waals surface area contributed by atoms with Crippen LogP contribution in [0.15, 0.2) is 30.5 Å². The molecule has 1 aliphatic rings. The van der Waals surface area contributed by atoms with E-state index in [9.17, 15) is 5.11 Å². The Morgan fingerprint density at radius 3 is 2.82 bits per heavy atom. The minimum absolute atomic E-state index is 0.351. The van der Waals surface area contributed by atoms with Crippen LogP contribution in [0.3, 0.4) is 0 Å². The molecule has 1 atom stereocenters. The van der Waals surface area contributed by atoms with E-state index in [1.54, 1.807) is 6.20 Å². The quantitative estimate of drug-likeness (QED) is 0.815. The molecule has 1 N–H and O–H groups in total. The first-order chi connectivity index (χ1) is 8.25. The van der Waals surface area contributed by atoms with Crippen molar-refractivity contribution in [1.29, 1.82) is 0 Å². The number of imidazole rings is 1. The van der Waals surface area contributed by atoms with Crippen molar-refractivity contribution < 1.29 is 5.11 Å². The molecular weight excluding hydrogens is 212 g/mol. The Morgan fingerprint density at radius 1 is 1.29 bits per heavy atom. The number of rotatable bonds is 1. The molecule has 0 spiro atoms. The molecule has 2 aromatic rings. The fourth-order valence-electron chi connectivity index (χ4n) is 2.41. The summed E-state index contributed by atoms with van der Waals surface area (Å²) in [5, 5.41) is 9.90. The first-order valence-electron chi connectivity index (χ1n) is 6.06. The van der Waals surface area contributed by atoms with Crippen molar-refractivity contribution in [3.05, 3.63) is 41.7 Å². The standard InChI is InChI=1S/C14H16N2O/c1-10-4-6-11(7-5-10)14-15-9-12-13(17)3-2-8-16(12)14/h4-7,9,13,17H,2-3,8H2,1H3. The molecule has 0 bridgehead atoms. The maximum absolute atomic E-state index is 9.90. The lowest BCUT2D eigenvalue weighted by molar-refractivity contribution is 0.139. The van der Waals surface area contributed by atoms with Crippen LogP contribution in [0.1, 0.15) is 30.2 Å². The van der Waals surface area contributed by atoms with E-state index in [-0.39, 0.29) is 6.10 Å². The minimum Gasteiger partial charge on any atom is -0.387 e. The molecule has 88 valence electrons. The van der Waals surface area contributed by atoms with Gasteiger partial charge in [0.15, 0.2) is 0 Å². The lowest BCUT2D eigenvalue weighted by atomic mass is 10.1. The predicted octanol–water partition coefficient (Wildman–Crippen LogP) is 2.69. The maximum atomic E-state index is 9.90. The van der Waals surface area contributed by atoms with Crippen LogP contribution in [0.4, 0.5) is 0 Å². The number of fused-ring (bicyclic) bond motifs is 1. The van der Waals surface area contributed by atoms with Crippen molar-refractivity contribution in [2.75, 3.05) is 0 Å². The van der Waals surface area contributed by atoms with Crippen LogP contribution in [0.5, 0.6) is 0 Å². The minimum atomic E-state index is -0.351. The van der Waals surface area contributed by atoms with Crippen LogP contribution in [0.2, 0.25) is 0 Å². The zero-order chi connectivity index (χ0) is 11.8. The van der Waals surface area contributed by atoms with Gasteiger partial charge in [0.25, 0.3) is 0 Å². The maximum Gasteiger partial charge on any atom is 0.140 e. The van der Waals surface area contributed by atoms with Gasteiger partial charge in [0, 0.05) is 12.1 Å². The van der Waals surface area contributed by atoms with Gasteiger partial charge in [-0.2, -0.15) is 0 Å². The van der Waals surface area contributed by atoms with Gasteiger partial charge in [-0.3, -0.25) is 0 Å². The van der Waals surface area contributed by atoms with E-state index >= 15 is 0 Å². The zero-order valence-electron chi connectivity index (χ0n) is 9.93. The van der Waals surface area contributed by atoms with Crippen molar-refractivity contribution >= 4 is 0 Å². The molecule has 0 aliphatic carbocycles. The van der Waals surface area contributed by atoms with E-state index in [2.05, 4.69) is 40.7 Å². The molecule has 3 heteroatoms. The summed E-state index contributed by atoms with van der Waals surface area (Å²) in [6.45, 7) is 3.03. The molecule has 1 aromatic heterocycles. The Morgan fingerprint density at radius 2 is 2.06 bits per heavy atom. The summed E-state index contributed by atoms with van der Waals surface area (Å²) < 4.78 is 2.14. The molecule has 0 saturated heterocycles. The highest BCUT2D eigenvalue weighted by molar-refractivity contribution is 5.56. The van der Waals surface area contributed by atoms with Crippen LogP contribution in [0.25, 0.3) is 11.4 Å². The second-order valence-electron chi connectivity index (χ2n) is 4.68. The van der Waals surface area contributed by atoms with Crippen molar-refractivity contribution in [2.24, 2.45) is 0 Å². The Balaban J connectivity index is 2.07. The average Bonchev–Trinajstić information content (AvgIpc) is 2.75. The summed E-state index contributed by atoms with van der Waals surface area (Å²) >= 11 is 0. The third-order valence-electron chi connectivity index (χ3n) is 3.40. The molecule has 3 rings (SSSR count). The van der Waals surface area contributed by atoms with Crippen LogP contribution in [-0.2, 0) is 6.54 Å². The lowest BCUT2D eigenvalue weighted by Gasteiger charge is -2.21. The monoisotopic (exact) mass is 228 g/mol. The second-order valence-corrected chi connectivity index (χ2v) is 4.68. The van der Waals surface area contributed by atoms with Crippen molar-refractivity contribution in [2.45, 2.75) is 32.4 Å². The van der Waals surface area contributed by atoms with Gasteiger partial charge in [-0.1, -0.05) is 29.8 Å². The number of nitrogens with zero attached hydrogens (tertiary/aromatic N) is 2. The van der Waals surface area contributed by atoms with Crippen molar-refractivity contribution in [1.82, 2.24) is 9.55 Å². The number of hydrogen-bond donors (Lipinski definition) is 1. The molecule has 2 heterocycles. The average molecular weight is 228 g/mol. The molecule has 0 fully saturated rings. The van der Waals surface area contributed by atoms with Crippen LogP contribution in [-0.4, -0.2) is 14.7 Å². The van der Waals surface area contributed by atoms with E-state index < -0.39 is 0 Å². The van der Waals surface area contributed by atoms with Crippen LogP contribution in [0, 0.1) is 6.92 Å². The van der Waals surface area contributed by atoms with Gasteiger partial charge >= 0.3 is 0 Å². The molecule has 17 heavy (non-hydrogen) atoms. The zero-order valence-corrected chi connectivity index (χ0v) is 9.93. The summed E-state index contributed by atoms with van der Waals surface area (Å²) in [5.74, 6) is 0.971. The number of aryl methyl sites for hydroxylation is 1. The Bertz CT molecular complexity index is 528. The highest BCUT2D eigenvalue weighted by Crippen LogP contribution is 2.29. The van der Waals surface area contributed by atoms with Gasteiger partial charge in [-0.25, -0.2) is 4.98 Å². The van der Waals surface area contributed by atoms with Gasteiger partial charge in [-0.15, -0.1) is 0 Å². The van der Waals surface area contributed by atoms with Crippen molar-refractivity contribution in [3.63, 3.8) is 0 Å². The summed E-state index contributed by atoms with van der Waals surface area (Å²) in [6.07, 6.45) is 3.32. The normalized spacial score (nSPS) is 19.1. The molecular formula is C14H16N2O. The van der Waals surface area contributed by atoms with E-state index in [1.807, 2.05) is 0 Å². The Labute approximate surface area is 101 Å². The Kier molecular flexibility index (Phi) is 2.48. The van der Waals surface area contributed by atoms with Crippen LogP contribution < -0.4 is 0 Å². The summed E-state index contributed by atoms with van der Waals surface area (Å²) in [7, 11) is 0. The van der Waals surface area contributed by atoms with Gasteiger partial charge in [0.05, 0.1) is 18.0 Å². The van der Waals surface area contributed by atoms with Gasteiger partial charge < -0.3 is 9.67 Å². The molecule has 0 amide bonds. The first kappa shape index (κ1) is 10.5. The van der Waals surface area contributed by atoms with Gasteiger partial charge in [0.2, 0.25) is 0 Å². The summed E-state index contributed by atoms with van der Waals surface area (Å²) in [4.78, 5) is 4.45. The van der Waals surface area contributed by atoms with E-state index in [0.29, 0.717) is 0 Å². The fraction of sp³-hybridized carbons (Fsp3) is 0.357.